The van der Waals surface area contributed by atoms with Crippen molar-refractivity contribution < 1.29 is 9.90 Å². The minimum atomic E-state index is -1.67. The van der Waals surface area contributed by atoms with Crippen LogP contribution in [0.25, 0.3) is 0 Å². The molecule has 1 amide bonds. The summed E-state index contributed by atoms with van der Waals surface area (Å²) in [4.78, 5) is 13.0. The summed E-state index contributed by atoms with van der Waals surface area (Å²) in [6.45, 7) is 4.72. The second kappa shape index (κ2) is 6.28. The van der Waals surface area contributed by atoms with Gasteiger partial charge in [0.05, 0.1) is 0 Å². The van der Waals surface area contributed by atoms with Crippen LogP contribution in [0.1, 0.15) is 16.7 Å². The maximum atomic E-state index is 13.0. The molecular formula is C21H24N2O2. The third-order valence-corrected chi connectivity index (χ3v) is 5.76. The zero-order chi connectivity index (χ0) is 17.4. The lowest BCUT2D eigenvalue weighted by Gasteiger charge is -2.28. The second-order valence-electron chi connectivity index (χ2n) is 7.30. The van der Waals surface area contributed by atoms with E-state index in [-0.39, 0.29) is 5.91 Å². The minimum absolute atomic E-state index is 0.347. The minimum Gasteiger partial charge on any atom is -0.372 e. The number of carbonyl (C=O) groups excluding carboxylic acids is 1. The van der Waals surface area contributed by atoms with E-state index in [2.05, 4.69) is 10.6 Å². The largest absolute Gasteiger partial charge is 0.372 e. The third-order valence-electron chi connectivity index (χ3n) is 5.76. The third kappa shape index (κ3) is 2.86. The maximum absolute atomic E-state index is 13.0. The average molecular weight is 336 g/mol. The van der Waals surface area contributed by atoms with E-state index < -0.39 is 5.60 Å². The first-order valence-electron chi connectivity index (χ1n) is 8.95. The number of aliphatic hydroxyl groups is 1. The number of hydrogen-bond donors (Lipinski definition) is 3. The van der Waals surface area contributed by atoms with Crippen molar-refractivity contribution >= 4 is 5.91 Å². The fraction of sp³-hybridized carbons (Fsp3) is 0.381. The van der Waals surface area contributed by atoms with E-state index in [0.29, 0.717) is 35.4 Å². The normalized spacial score (nSPS) is 26.6. The first-order chi connectivity index (χ1) is 12.1. The van der Waals surface area contributed by atoms with Gasteiger partial charge in [-0.15, -0.1) is 0 Å². The van der Waals surface area contributed by atoms with Gasteiger partial charge in [-0.05, 0) is 48.9 Å². The summed E-state index contributed by atoms with van der Waals surface area (Å²) >= 11 is 0. The monoisotopic (exact) mass is 336 g/mol. The molecule has 25 heavy (non-hydrogen) atoms. The van der Waals surface area contributed by atoms with Crippen molar-refractivity contribution in [3.8, 4) is 0 Å². The Kier molecular flexibility index (Phi) is 4.10. The van der Waals surface area contributed by atoms with Crippen molar-refractivity contribution in [2.45, 2.75) is 12.5 Å². The smallest absolute Gasteiger partial charge is 0.261 e. The van der Waals surface area contributed by atoms with Crippen molar-refractivity contribution in [1.29, 1.82) is 0 Å². The fourth-order valence-corrected chi connectivity index (χ4v) is 4.09. The van der Waals surface area contributed by atoms with Crippen LogP contribution in [0, 0.1) is 24.7 Å². The molecule has 1 unspecified atom stereocenters. The molecule has 1 aliphatic heterocycles. The van der Waals surface area contributed by atoms with Crippen LogP contribution in [0.2, 0.25) is 0 Å². The average Bonchev–Trinajstić information content (AvgIpc) is 3.07. The van der Waals surface area contributed by atoms with E-state index in [0.717, 1.165) is 18.7 Å². The number of amides is 1. The van der Waals surface area contributed by atoms with Crippen LogP contribution in [0.4, 0.5) is 0 Å². The van der Waals surface area contributed by atoms with Gasteiger partial charge < -0.3 is 15.7 Å². The lowest BCUT2D eigenvalue weighted by molar-refractivity contribution is -0.136. The Bertz CT molecular complexity index is 749. The molecule has 2 aromatic carbocycles. The van der Waals surface area contributed by atoms with E-state index in [9.17, 15) is 9.90 Å². The van der Waals surface area contributed by atoms with Gasteiger partial charge in [0.15, 0.2) is 5.60 Å². The Morgan fingerprint density at radius 3 is 2.32 bits per heavy atom. The highest BCUT2D eigenvalue weighted by atomic mass is 16.3. The van der Waals surface area contributed by atoms with Gasteiger partial charge in [0, 0.05) is 6.54 Å². The van der Waals surface area contributed by atoms with Crippen LogP contribution in [-0.4, -0.2) is 30.6 Å². The molecule has 4 heteroatoms. The number of piperidine rings is 1. The molecule has 1 aliphatic carbocycles. The number of aryl methyl sites for hydroxylation is 1. The van der Waals surface area contributed by atoms with Crippen molar-refractivity contribution in [3.05, 3.63) is 71.3 Å². The molecule has 1 heterocycles. The zero-order valence-electron chi connectivity index (χ0n) is 14.4. The molecule has 2 aliphatic rings. The number of rotatable bonds is 5. The molecule has 1 saturated carbocycles. The molecular weight excluding hydrogens is 312 g/mol. The molecule has 3 N–H and O–H groups in total. The van der Waals surface area contributed by atoms with Gasteiger partial charge in [-0.1, -0.05) is 60.2 Å². The number of hydrogen-bond acceptors (Lipinski definition) is 3. The molecule has 1 saturated heterocycles. The summed E-state index contributed by atoms with van der Waals surface area (Å²) in [5.74, 6) is 1.57. The van der Waals surface area contributed by atoms with E-state index in [1.54, 1.807) is 12.1 Å². The predicted octanol–water partition coefficient (Wildman–Crippen LogP) is 1.81. The summed E-state index contributed by atoms with van der Waals surface area (Å²) in [6.07, 6.45) is 0. The van der Waals surface area contributed by atoms with E-state index in [1.165, 1.54) is 0 Å². The van der Waals surface area contributed by atoms with Gasteiger partial charge in [0.25, 0.3) is 5.91 Å². The van der Waals surface area contributed by atoms with Gasteiger partial charge >= 0.3 is 0 Å². The Morgan fingerprint density at radius 1 is 1.08 bits per heavy atom. The number of benzene rings is 2. The first kappa shape index (κ1) is 16.3. The lowest BCUT2D eigenvalue weighted by Crippen LogP contribution is -2.46. The molecule has 0 bridgehead atoms. The summed E-state index contributed by atoms with van der Waals surface area (Å²) in [5.41, 5.74) is 0.614. The van der Waals surface area contributed by atoms with Gasteiger partial charge in [-0.2, -0.15) is 0 Å². The van der Waals surface area contributed by atoms with E-state index in [4.69, 9.17) is 0 Å². The molecule has 2 aromatic rings. The van der Waals surface area contributed by atoms with Gasteiger partial charge in [0.2, 0.25) is 0 Å². The zero-order valence-corrected chi connectivity index (χ0v) is 14.4. The first-order valence-corrected chi connectivity index (χ1v) is 8.95. The Labute approximate surface area is 148 Å². The van der Waals surface area contributed by atoms with Crippen LogP contribution in [0.5, 0.6) is 0 Å². The molecule has 2 fully saturated rings. The molecule has 0 aromatic heterocycles. The molecule has 4 rings (SSSR count). The van der Waals surface area contributed by atoms with Crippen molar-refractivity contribution in [2.24, 2.45) is 17.8 Å². The van der Waals surface area contributed by atoms with Crippen LogP contribution in [0.15, 0.2) is 54.6 Å². The number of nitrogens with one attached hydrogen (secondary N) is 2. The molecule has 4 atom stereocenters. The SMILES string of the molecule is Cc1ccc([C@](O)(C(=O)NC[C@H]2C3CNC[C@@H]32)c2ccccc2)cc1. The van der Waals surface area contributed by atoms with Crippen LogP contribution in [0.3, 0.4) is 0 Å². The summed E-state index contributed by atoms with van der Waals surface area (Å²) in [6, 6.07) is 16.7. The van der Waals surface area contributed by atoms with Crippen LogP contribution in [-0.2, 0) is 10.4 Å². The number of carbonyl (C=O) groups is 1. The predicted molar refractivity (Wildman–Crippen MR) is 97.0 cm³/mol. The number of fused-ring (bicyclic) bond motifs is 1. The highest BCUT2D eigenvalue weighted by molar-refractivity contribution is 5.90. The summed E-state index contributed by atoms with van der Waals surface area (Å²) in [5, 5.41) is 17.8. The topological polar surface area (TPSA) is 61.4 Å². The van der Waals surface area contributed by atoms with Crippen molar-refractivity contribution in [2.75, 3.05) is 19.6 Å². The van der Waals surface area contributed by atoms with Crippen LogP contribution >= 0.6 is 0 Å². The highest BCUT2D eigenvalue weighted by Crippen LogP contribution is 2.48. The van der Waals surface area contributed by atoms with Gasteiger partial charge in [-0.25, -0.2) is 0 Å². The molecule has 130 valence electrons. The Morgan fingerprint density at radius 2 is 1.68 bits per heavy atom. The second-order valence-corrected chi connectivity index (χ2v) is 7.30. The fourth-order valence-electron chi connectivity index (χ4n) is 4.09. The quantitative estimate of drug-likeness (QED) is 0.780. The van der Waals surface area contributed by atoms with Gasteiger partial charge in [0.1, 0.15) is 0 Å². The Balaban J connectivity index is 1.58. The maximum Gasteiger partial charge on any atom is 0.261 e. The van der Waals surface area contributed by atoms with E-state index in [1.807, 2.05) is 49.4 Å². The van der Waals surface area contributed by atoms with Crippen molar-refractivity contribution in [1.82, 2.24) is 10.6 Å². The Hall–Kier alpha value is -2.17. The van der Waals surface area contributed by atoms with Gasteiger partial charge in [-0.3, -0.25) is 4.79 Å². The van der Waals surface area contributed by atoms with E-state index >= 15 is 0 Å². The van der Waals surface area contributed by atoms with Crippen molar-refractivity contribution in [3.63, 3.8) is 0 Å². The summed E-state index contributed by atoms with van der Waals surface area (Å²) < 4.78 is 0. The van der Waals surface area contributed by atoms with Crippen LogP contribution < -0.4 is 10.6 Å². The summed E-state index contributed by atoms with van der Waals surface area (Å²) in [7, 11) is 0. The molecule has 4 nitrogen and oxygen atoms in total. The molecule has 0 radical (unpaired) electrons. The standard InChI is InChI=1S/C21H24N2O2/c1-14-7-9-16(10-8-14)21(25,15-5-3-2-4-6-15)20(24)23-13-19-17-11-22-12-18(17)19/h2-10,17-19,22,25H,11-13H2,1H3,(H,23,24)/t17-,18?,19+,21-/m0/s1. The highest BCUT2D eigenvalue weighted by Gasteiger charge is 2.53. The lowest BCUT2D eigenvalue weighted by atomic mass is 9.85. The molecule has 0 spiro atoms.